The van der Waals surface area contributed by atoms with Gasteiger partial charge >= 0.3 is 0 Å². The van der Waals surface area contributed by atoms with Gasteiger partial charge in [-0.3, -0.25) is 4.79 Å². The molecule has 1 saturated heterocycles. The van der Waals surface area contributed by atoms with E-state index in [1.807, 2.05) is 35.2 Å². The number of fused-ring (bicyclic) bond motifs is 1. The van der Waals surface area contributed by atoms with E-state index >= 15 is 0 Å². The van der Waals surface area contributed by atoms with Crippen molar-refractivity contribution in [2.75, 3.05) is 6.54 Å². The Balaban J connectivity index is 1.48. The number of nitrogens with one attached hydrogen (secondary N) is 1. The van der Waals surface area contributed by atoms with Crippen LogP contribution in [0.2, 0.25) is 0 Å². The van der Waals surface area contributed by atoms with Gasteiger partial charge in [-0.25, -0.2) is 9.67 Å². The van der Waals surface area contributed by atoms with E-state index in [4.69, 9.17) is 4.98 Å². The van der Waals surface area contributed by atoms with Crippen LogP contribution in [0.15, 0.2) is 48.8 Å². The van der Waals surface area contributed by atoms with Gasteiger partial charge in [0.05, 0.1) is 22.8 Å². The first kappa shape index (κ1) is 17.5. The number of aromatic amines is 1. The molecule has 0 spiro atoms. The van der Waals surface area contributed by atoms with Gasteiger partial charge in [0.1, 0.15) is 12.2 Å². The fourth-order valence-corrected chi connectivity index (χ4v) is 3.99. The summed E-state index contributed by atoms with van der Waals surface area (Å²) in [6.07, 6.45) is 4.49. The Hall–Kier alpha value is -3.55. The van der Waals surface area contributed by atoms with Crippen molar-refractivity contribution in [3.05, 3.63) is 65.7 Å². The molecule has 1 N–H and O–H groups in total. The summed E-state index contributed by atoms with van der Waals surface area (Å²) in [6.45, 7) is 2.78. The molecule has 1 aliphatic rings. The Kier molecular flexibility index (Phi) is 4.31. The molecule has 0 aliphatic carbocycles. The molecule has 0 unspecified atom stereocenters. The SMILES string of the molecule is Cc1ccc2nc([C@H]3CCCCN3C(=O)c3cccc(-n4cnnn4)c3)[nH]c2c1. The summed E-state index contributed by atoms with van der Waals surface area (Å²) >= 11 is 0. The molecule has 1 fully saturated rings. The molecule has 0 radical (unpaired) electrons. The van der Waals surface area contributed by atoms with Crippen LogP contribution in [0.1, 0.15) is 47.1 Å². The van der Waals surface area contributed by atoms with Crippen molar-refractivity contribution in [3.63, 3.8) is 0 Å². The van der Waals surface area contributed by atoms with Crippen LogP contribution in [0, 0.1) is 6.92 Å². The standard InChI is InChI=1S/C21H21N7O/c1-14-8-9-17-18(11-14)24-20(23-17)19-7-2-3-10-27(19)21(29)15-5-4-6-16(12-15)28-13-22-25-26-28/h4-6,8-9,11-13,19H,2-3,7,10H2,1H3,(H,23,24)/t19-/m1/s1. The molecule has 8 heteroatoms. The van der Waals surface area contributed by atoms with E-state index in [1.54, 1.807) is 4.68 Å². The third-order valence-electron chi connectivity index (χ3n) is 5.44. The number of carbonyl (C=O) groups is 1. The lowest BCUT2D eigenvalue weighted by molar-refractivity contribution is 0.0601. The van der Waals surface area contributed by atoms with Crippen molar-refractivity contribution in [3.8, 4) is 5.69 Å². The number of amides is 1. The lowest BCUT2D eigenvalue weighted by Crippen LogP contribution is -2.39. The zero-order valence-corrected chi connectivity index (χ0v) is 16.1. The molecular formula is C21H21N7O. The highest BCUT2D eigenvalue weighted by Crippen LogP contribution is 2.32. The van der Waals surface area contributed by atoms with Crippen LogP contribution in [-0.4, -0.2) is 47.5 Å². The number of hydrogen-bond acceptors (Lipinski definition) is 5. The molecular weight excluding hydrogens is 366 g/mol. The first-order valence-electron chi connectivity index (χ1n) is 9.80. The number of piperidine rings is 1. The number of nitrogens with zero attached hydrogens (tertiary/aromatic N) is 6. The summed E-state index contributed by atoms with van der Waals surface area (Å²) in [7, 11) is 0. The summed E-state index contributed by atoms with van der Waals surface area (Å²) in [5.74, 6) is 0.858. The van der Waals surface area contributed by atoms with E-state index < -0.39 is 0 Å². The van der Waals surface area contributed by atoms with Gasteiger partial charge in [-0.15, -0.1) is 5.10 Å². The predicted octanol–water partition coefficient (Wildman–Crippen LogP) is 3.21. The molecule has 5 rings (SSSR count). The van der Waals surface area contributed by atoms with Crippen LogP contribution >= 0.6 is 0 Å². The second-order valence-corrected chi connectivity index (χ2v) is 7.46. The Bertz CT molecular complexity index is 1160. The second kappa shape index (κ2) is 7.12. The van der Waals surface area contributed by atoms with Gasteiger partial charge in [-0.1, -0.05) is 12.1 Å². The van der Waals surface area contributed by atoms with E-state index in [9.17, 15) is 4.79 Å². The highest BCUT2D eigenvalue weighted by molar-refractivity contribution is 5.95. The molecule has 146 valence electrons. The fraction of sp³-hybridized carbons (Fsp3) is 0.286. The number of rotatable bonds is 3. The molecule has 1 aliphatic heterocycles. The van der Waals surface area contributed by atoms with Crippen molar-refractivity contribution in [2.45, 2.75) is 32.2 Å². The van der Waals surface area contributed by atoms with Gasteiger partial charge in [-0.2, -0.15) is 0 Å². The largest absolute Gasteiger partial charge is 0.340 e. The number of benzene rings is 2. The monoisotopic (exact) mass is 387 g/mol. The Labute approximate surface area is 167 Å². The molecule has 2 aromatic carbocycles. The van der Waals surface area contributed by atoms with Crippen molar-refractivity contribution >= 4 is 16.9 Å². The Morgan fingerprint density at radius 1 is 1.17 bits per heavy atom. The summed E-state index contributed by atoms with van der Waals surface area (Å²) in [5, 5.41) is 11.2. The smallest absolute Gasteiger partial charge is 0.254 e. The van der Waals surface area contributed by atoms with E-state index in [-0.39, 0.29) is 11.9 Å². The number of aryl methyl sites for hydroxylation is 1. The number of carbonyl (C=O) groups excluding carboxylic acids is 1. The van der Waals surface area contributed by atoms with Crippen LogP contribution in [0.25, 0.3) is 16.7 Å². The predicted molar refractivity (Wildman–Crippen MR) is 108 cm³/mol. The fourth-order valence-electron chi connectivity index (χ4n) is 3.99. The summed E-state index contributed by atoms with van der Waals surface area (Å²) < 4.78 is 1.55. The zero-order valence-electron chi connectivity index (χ0n) is 16.1. The van der Waals surface area contributed by atoms with Crippen molar-refractivity contribution in [1.82, 2.24) is 35.1 Å². The minimum absolute atomic E-state index is 0.00117. The van der Waals surface area contributed by atoms with Gasteiger partial charge in [-0.05, 0) is 72.5 Å². The van der Waals surface area contributed by atoms with Gasteiger partial charge < -0.3 is 9.88 Å². The third-order valence-corrected chi connectivity index (χ3v) is 5.44. The van der Waals surface area contributed by atoms with Crippen LogP contribution < -0.4 is 0 Å². The molecule has 0 saturated carbocycles. The number of tetrazole rings is 1. The van der Waals surface area contributed by atoms with Crippen molar-refractivity contribution < 1.29 is 4.79 Å². The normalized spacial score (nSPS) is 17.0. The number of hydrogen-bond donors (Lipinski definition) is 1. The number of H-pyrrole nitrogens is 1. The average Bonchev–Trinajstić information content (AvgIpc) is 3.43. The van der Waals surface area contributed by atoms with E-state index in [1.165, 1.54) is 11.9 Å². The summed E-state index contributed by atoms with van der Waals surface area (Å²) in [4.78, 5) is 23.6. The lowest BCUT2D eigenvalue weighted by atomic mass is 10.00. The molecule has 2 aromatic heterocycles. The summed E-state index contributed by atoms with van der Waals surface area (Å²) in [5.41, 5.74) is 4.51. The molecule has 1 atom stereocenters. The molecule has 0 bridgehead atoms. The van der Waals surface area contributed by atoms with Gasteiger partial charge in [0.15, 0.2) is 0 Å². The minimum atomic E-state index is -0.0550. The number of aromatic nitrogens is 6. The van der Waals surface area contributed by atoms with Crippen LogP contribution in [-0.2, 0) is 0 Å². The maximum Gasteiger partial charge on any atom is 0.254 e. The summed E-state index contributed by atoms with van der Waals surface area (Å²) in [6, 6.07) is 13.5. The van der Waals surface area contributed by atoms with E-state index in [2.05, 4.69) is 39.6 Å². The Morgan fingerprint density at radius 2 is 2.10 bits per heavy atom. The molecule has 3 heterocycles. The number of likely N-dealkylation sites (tertiary alicyclic amines) is 1. The van der Waals surface area contributed by atoms with E-state index in [0.29, 0.717) is 12.1 Å². The second-order valence-electron chi connectivity index (χ2n) is 7.46. The van der Waals surface area contributed by atoms with Gasteiger partial charge in [0, 0.05) is 12.1 Å². The highest BCUT2D eigenvalue weighted by atomic mass is 16.2. The quantitative estimate of drug-likeness (QED) is 0.583. The maximum atomic E-state index is 13.4. The first-order chi connectivity index (χ1) is 14.2. The van der Waals surface area contributed by atoms with Crippen molar-refractivity contribution in [1.29, 1.82) is 0 Å². The maximum absolute atomic E-state index is 13.4. The molecule has 29 heavy (non-hydrogen) atoms. The first-order valence-corrected chi connectivity index (χ1v) is 9.80. The van der Waals surface area contributed by atoms with Gasteiger partial charge in [0.2, 0.25) is 0 Å². The highest BCUT2D eigenvalue weighted by Gasteiger charge is 2.31. The van der Waals surface area contributed by atoms with Gasteiger partial charge in [0.25, 0.3) is 5.91 Å². The average molecular weight is 387 g/mol. The molecule has 8 nitrogen and oxygen atoms in total. The topological polar surface area (TPSA) is 92.6 Å². The van der Waals surface area contributed by atoms with E-state index in [0.717, 1.165) is 41.8 Å². The molecule has 1 amide bonds. The van der Waals surface area contributed by atoms with Crippen LogP contribution in [0.3, 0.4) is 0 Å². The van der Waals surface area contributed by atoms with Crippen molar-refractivity contribution in [2.24, 2.45) is 0 Å². The van der Waals surface area contributed by atoms with Crippen LogP contribution in [0.4, 0.5) is 0 Å². The Morgan fingerprint density at radius 3 is 2.97 bits per heavy atom. The number of imidazole rings is 1. The van der Waals surface area contributed by atoms with Crippen LogP contribution in [0.5, 0.6) is 0 Å². The third kappa shape index (κ3) is 3.26. The zero-order chi connectivity index (χ0) is 19.8. The lowest BCUT2D eigenvalue weighted by Gasteiger charge is -2.34. The molecule has 4 aromatic rings. The minimum Gasteiger partial charge on any atom is -0.340 e.